The Labute approximate surface area is 166 Å². The van der Waals surface area contributed by atoms with E-state index in [0.29, 0.717) is 17.2 Å². The average molecular weight is 396 g/mol. The van der Waals surface area contributed by atoms with Crippen LogP contribution in [0.2, 0.25) is 0 Å². The fourth-order valence-electron chi connectivity index (χ4n) is 2.39. The Kier molecular flexibility index (Phi) is 6.83. The second-order valence-corrected chi connectivity index (χ2v) is 7.08. The third-order valence-corrected chi connectivity index (χ3v) is 4.78. The summed E-state index contributed by atoms with van der Waals surface area (Å²) in [5.41, 5.74) is 2.87. The van der Waals surface area contributed by atoms with Gasteiger partial charge < -0.3 is 15.4 Å². The summed E-state index contributed by atoms with van der Waals surface area (Å²) in [5.74, 6) is -0.541. The van der Waals surface area contributed by atoms with Crippen LogP contribution < -0.4 is 10.6 Å². The quantitative estimate of drug-likeness (QED) is 0.611. The monoisotopic (exact) mass is 396 g/mol. The largest absolute Gasteiger partial charge is 0.364 e. The summed E-state index contributed by atoms with van der Waals surface area (Å²) in [6.45, 7) is 2.49. The number of carbonyl (C=O) groups is 2. The number of ether oxygens (including phenoxy) is 1. The number of rotatable bonds is 8. The first kappa shape index (κ1) is 19.7. The van der Waals surface area contributed by atoms with Crippen LogP contribution in [0, 0.1) is 6.92 Å². The number of amides is 2. The number of para-hydroxylation sites is 1. The smallest absolute Gasteiger partial charge is 0.286 e. The van der Waals surface area contributed by atoms with Crippen LogP contribution in [0.5, 0.6) is 0 Å². The van der Waals surface area contributed by atoms with Gasteiger partial charge in [-0.2, -0.15) is 0 Å². The lowest BCUT2D eigenvalue weighted by atomic mass is 10.1. The van der Waals surface area contributed by atoms with Crippen molar-refractivity contribution in [1.29, 1.82) is 0 Å². The first-order chi connectivity index (χ1) is 13.6. The van der Waals surface area contributed by atoms with Gasteiger partial charge in [0.25, 0.3) is 5.91 Å². The predicted molar refractivity (Wildman–Crippen MR) is 107 cm³/mol. The van der Waals surface area contributed by atoms with Gasteiger partial charge in [-0.05, 0) is 30.2 Å². The molecule has 0 radical (unpaired) electrons. The Morgan fingerprint density at radius 1 is 1.04 bits per heavy atom. The summed E-state index contributed by atoms with van der Waals surface area (Å²) < 4.78 is 5.38. The van der Waals surface area contributed by atoms with Crippen molar-refractivity contribution >= 4 is 28.8 Å². The highest BCUT2D eigenvalue weighted by atomic mass is 32.1. The molecule has 1 aromatic heterocycles. The third-order valence-electron chi connectivity index (χ3n) is 3.89. The minimum absolute atomic E-state index is 0.0863. The van der Waals surface area contributed by atoms with Gasteiger partial charge in [0.2, 0.25) is 10.9 Å². The minimum Gasteiger partial charge on any atom is -0.364 e. The maximum Gasteiger partial charge on any atom is 0.286 e. The van der Waals surface area contributed by atoms with Crippen LogP contribution in [0.15, 0.2) is 54.6 Å². The Morgan fingerprint density at radius 3 is 2.57 bits per heavy atom. The van der Waals surface area contributed by atoms with E-state index in [9.17, 15) is 9.59 Å². The molecule has 144 valence electrons. The molecule has 0 spiro atoms. The van der Waals surface area contributed by atoms with Crippen LogP contribution in [0.1, 0.15) is 25.9 Å². The van der Waals surface area contributed by atoms with Crippen LogP contribution in [-0.2, 0) is 22.7 Å². The molecule has 28 heavy (non-hydrogen) atoms. The van der Waals surface area contributed by atoms with Crippen molar-refractivity contribution in [3.05, 3.63) is 75.7 Å². The van der Waals surface area contributed by atoms with E-state index in [1.165, 1.54) is 0 Å². The number of benzene rings is 2. The maximum absolute atomic E-state index is 12.1. The van der Waals surface area contributed by atoms with Gasteiger partial charge in [-0.25, -0.2) is 0 Å². The van der Waals surface area contributed by atoms with Gasteiger partial charge in [0.05, 0.1) is 0 Å². The van der Waals surface area contributed by atoms with Gasteiger partial charge in [-0.15, -0.1) is 10.2 Å². The zero-order valence-electron chi connectivity index (χ0n) is 15.3. The average Bonchev–Trinajstić information content (AvgIpc) is 3.17. The molecule has 2 amide bonds. The summed E-state index contributed by atoms with van der Waals surface area (Å²) in [7, 11) is 0. The molecule has 0 aliphatic carbocycles. The predicted octanol–water partition coefficient (Wildman–Crippen LogP) is 2.93. The molecule has 0 bridgehead atoms. The summed E-state index contributed by atoms with van der Waals surface area (Å²) in [5, 5.41) is 14.1. The molecular weight excluding hydrogens is 376 g/mol. The van der Waals surface area contributed by atoms with E-state index >= 15 is 0 Å². The Bertz CT molecular complexity index is 943. The first-order valence-corrected chi connectivity index (χ1v) is 9.51. The first-order valence-electron chi connectivity index (χ1n) is 8.69. The van der Waals surface area contributed by atoms with Crippen molar-refractivity contribution in [2.75, 3.05) is 11.9 Å². The molecule has 7 nitrogen and oxygen atoms in total. The highest BCUT2D eigenvalue weighted by Gasteiger charge is 2.13. The van der Waals surface area contributed by atoms with E-state index in [1.54, 1.807) is 12.1 Å². The van der Waals surface area contributed by atoms with E-state index in [1.807, 2.05) is 49.4 Å². The van der Waals surface area contributed by atoms with Crippen molar-refractivity contribution in [1.82, 2.24) is 15.5 Å². The van der Waals surface area contributed by atoms with Crippen molar-refractivity contribution in [3.63, 3.8) is 0 Å². The van der Waals surface area contributed by atoms with E-state index < -0.39 is 0 Å². The molecular formula is C20H20N4O3S. The minimum atomic E-state index is -0.328. The number of hydrogen-bond acceptors (Lipinski definition) is 6. The van der Waals surface area contributed by atoms with E-state index in [-0.39, 0.29) is 30.0 Å². The van der Waals surface area contributed by atoms with Crippen LogP contribution in [0.25, 0.3) is 0 Å². The number of aryl methyl sites for hydroxylation is 1. The fraction of sp³-hybridized carbons (Fsp3) is 0.200. The molecule has 8 heteroatoms. The molecule has 3 rings (SSSR count). The molecule has 0 saturated carbocycles. The zero-order chi connectivity index (χ0) is 19.8. The SMILES string of the molecule is Cc1ccccc1CNC(=O)COCc1nnc(C(=O)Nc2ccccc2)s1. The molecule has 0 saturated heterocycles. The Hall–Kier alpha value is -3.10. The lowest BCUT2D eigenvalue weighted by Gasteiger charge is -2.07. The van der Waals surface area contributed by atoms with Crippen molar-refractivity contribution in [2.24, 2.45) is 0 Å². The highest BCUT2D eigenvalue weighted by Crippen LogP contribution is 2.14. The zero-order valence-corrected chi connectivity index (χ0v) is 16.2. The lowest BCUT2D eigenvalue weighted by Crippen LogP contribution is -2.27. The number of carbonyl (C=O) groups excluding carboxylic acids is 2. The van der Waals surface area contributed by atoms with Gasteiger partial charge in [0, 0.05) is 12.2 Å². The number of hydrogen-bond donors (Lipinski definition) is 2. The maximum atomic E-state index is 12.1. The van der Waals surface area contributed by atoms with Crippen LogP contribution in [-0.4, -0.2) is 28.6 Å². The molecule has 2 N–H and O–H groups in total. The molecule has 0 aliphatic rings. The summed E-state index contributed by atoms with van der Waals surface area (Å²) in [6.07, 6.45) is 0. The molecule has 0 fully saturated rings. The second kappa shape index (κ2) is 9.72. The van der Waals surface area contributed by atoms with E-state index in [2.05, 4.69) is 20.8 Å². The molecule has 0 unspecified atom stereocenters. The van der Waals surface area contributed by atoms with Crippen molar-refractivity contribution in [2.45, 2.75) is 20.1 Å². The van der Waals surface area contributed by atoms with Gasteiger partial charge in [0.15, 0.2) is 0 Å². The summed E-state index contributed by atoms with van der Waals surface area (Å²) in [4.78, 5) is 24.1. The molecule has 0 atom stereocenters. The van der Waals surface area contributed by atoms with E-state index in [4.69, 9.17) is 4.74 Å². The summed E-state index contributed by atoms with van der Waals surface area (Å²) >= 11 is 1.13. The standard InChI is InChI=1S/C20H20N4O3S/c1-14-7-5-6-8-15(14)11-21-17(25)12-27-13-18-23-24-20(28-18)19(26)22-16-9-3-2-4-10-16/h2-10H,11-13H2,1H3,(H,21,25)(H,22,26). The van der Waals surface area contributed by atoms with Crippen LogP contribution in [0.4, 0.5) is 5.69 Å². The van der Waals surface area contributed by atoms with Gasteiger partial charge >= 0.3 is 0 Å². The van der Waals surface area contributed by atoms with Crippen LogP contribution >= 0.6 is 11.3 Å². The van der Waals surface area contributed by atoms with Crippen molar-refractivity contribution < 1.29 is 14.3 Å². The van der Waals surface area contributed by atoms with Crippen molar-refractivity contribution in [3.8, 4) is 0 Å². The summed E-state index contributed by atoms with van der Waals surface area (Å²) in [6, 6.07) is 17.0. The number of anilines is 1. The Balaban J connectivity index is 1.41. The second-order valence-electron chi connectivity index (χ2n) is 6.02. The van der Waals surface area contributed by atoms with E-state index in [0.717, 1.165) is 22.5 Å². The molecule has 3 aromatic rings. The van der Waals surface area contributed by atoms with Gasteiger partial charge in [0.1, 0.15) is 18.2 Å². The van der Waals surface area contributed by atoms with Gasteiger partial charge in [-0.1, -0.05) is 53.8 Å². The Morgan fingerprint density at radius 2 is 1.79 bits per heavy atom. The number of nitrogens with one attached hydrogen (secondary N) is 2. The third kappa shape index (κ3) is 5.70. The molecule has 2 aromatic carbocycles. The lowest BCUT2D eigenvalue weighted by molar-refractivity contribution is -0.126. The highest BCUT2D eigenvalue weighted by molar-refractivity contribution is 7.13. The van der Waals surface area contributed by atoms with Crippen LogP contribution in [0.3, 0.4) is 0 Å². The molecule has 1 heterocycles. The number of aromatic nitrogens is 2. The topological polar surface area (TPSA) is 93.2 Å². The number of nitrogens with zero attached hydrogens (tertiary/aromatic N) is 2. The molecule has 0 aliphatic heterocycles. The normalized spacial score (nSPS) is 10.5. The fourth-order valence-corrected chi connectivity index (χ4v) is 3.07. The van der Waals surface area contributed by atoms with Gasteiger partial charge in [-0.3, -0.25) is 9.59 Å².